The molecule has 17 heavy (non-hydrogen) atoms. The molecular formula is C14H14BNO. The molecule has 2 unspecified atom stereocenters. The SMILES string of the molecule is [B]C(C1=CC(C)(O)C=CC=C1)c1ccccn1. The highest BCUT2D eigenvalue weighted by molar-refractivity contribution is 6.14. The summed E-state index contributed by atoms with van der Waals surface area (Å²) in [4.78, 5) is 4.23. The smallest absolute Gasteiger partial charge is 0.0989 e. The third kappa shape index (κ3) is 2.95. The van der Waals surface area contributed by atoms with Crippen LogP contribution >= 0.6 is 0 Å². The Morgan fingerprint density at radius 1 is 1.35 bits per heavy atom. The Labute approximate surface area is 103 Å². The van der Waals surface area contributed by atoms with Crippen molar-refractivity contribution in [2.24, 2.45) is 0 Å². The van der Waals surface area contributed by atoms with Gasteiger partial charge in [-0.15, -0.1) is 0 Å². The van der Waals surface area contributed by atoms with Crippen LogP contribution in [0.5, 0.6) is 0 Å². The fourth-order valence-electron chi connectivity index (χ4n) is 1.77. The van der Waals surface area contributed by atoms with E-state index in [0.29, 0.717) is 0 Å². The lowest BCUT2D eigenvalue weighted by atomic mass is 9.76. The number of aromatic nitrogens is 1. The molecule has 0 spiro atoms. The Balaban J connectivity index is 2.32. The van der Waals surface area contributed by atoms with Crippen LogP contribution in [0.1, 0.15) is 18.4 Å². The maximum absolute atomic E-state index is 10.0. The van der Waals surface area contributed by atoms with Crippen molar-refractivity contribution in [2.75, 3.05) is 0 Å². The lowest BCUT2D eigenvalue weighted by molar-refractivity contribution is 0.163. The topological polar surface area (TPSA) is 33.1 Å². The monoisotopic (exact) mass is 223 g/mol. The van der Waals surface area contributed by atoms with Crippen molar-refractivity contribution in [1.29, 1.82) is 0 Å². The van der Waals surface area contributed by atoms with E-state index in [0.717, 1.165) is 11.3 Å². The van der Waals surface area contributed by atoms with Crippen LogP contribution in [-0.2, 0) is 0 Å². The van der Waals surface area contributed by atoms with E-state index >= 15 is 0 Å². The van der Waals surface area contributed by atoms with E-state index in [4.69, 9.17) is 7.85 Å². The van der Waals surface area contributed by atoms with Gasteiger partial charge >= 0.3 is 0 Å². The van der Waals surface area contributed by atoms with E-state index in [2.05, 4.69) is 4.98 Å². The molecule has 2 atom stereocenters. The van der Waals surface area contributed by atoms with Gasteiger partial charge in [-0.25, -0.2) is 0 Å². The summed E-state index contributed by atoms with van der Waals surface area (Å²) >= 11 is 0. The van der Waals surface area contributed by atoms with Crippen molar-refractivity contribution in [3.05, 3.63) is 66.0 Å². The highest BCUT2D eigenvalue weighted by atomic mass is 16.3. The first-order valence-electron chi connectivity index (χ1n) is 5.56. The zero-order valence-corrected chi connectivity index (χ0v) is 9.75. The molecule has 3 heteroatoms. The van der Waals surface area contributed by atoms with Crippen LogP contribution < -0.4 is 0 Å². The average Bonchev–Trinajstić information content (AvgIpc) is 2.50. The minimum Gasteiger partial charge on any atom is -0.382 e. The number of hydrogen-bond acceptors (Lipinski definition) is 2. The van der Waals surface area contributed by atoms with Crippen LogP contribution in [0.25, 0.3) is 0 Å². The summed E-state index contributed by atoms with van der Waals surface area (Å²) in [5, 5.41) is 10.0. The van der Waals surface area contributed by atoms with E-state index in [1.165, 1.54) is 0 Å². The van der Waals surface area contributed by atoms with Crippen LogP contribution in [0.15, 0.2) is 60.3 Å². The molecule has 1 aliphatic carbocycles. The Hall–Kier alpha value is -1.61. The fraction of sp³-hybridized carbons (Fsp3) is 0.214. The third-order valence-corrected chi connectivity index (χ3v) is 2.66. The maximum atomic E-state index is 10.0. The van der Waals surface area contributed by atoms with Crippen LogP contribution in [0.2, 0.25) is 0 Å². The minimum atomic E-state index is -0.967. The molecule has 1 aliphatic rings. The number of rotatable bonds is 2. The van der Waals surface area contributed by atoms with Gasteiger partial charge in [-0.3, -0.25) is 4.98 Å². The first-order chi connectivity index (χ1) is 8.08. The van der Waals surface area contributed by atoms with Crippen molar-refractivity contribution in [1.82, 2.24) is 4.98 Å². The van der Waals surface area contributed by atoms with Gasteiger partial charge in [0.25, 0.3) is 0 Å². The second-order valence-corrected chi connectivity index (χ2v) is 4.32. The van der Waals surface area contributed by atoms with Gasteiger partial charge in [-0.05, 0) is 42.6 Å². The van der Waals surface area contributed by atoms with E-state index in [1.807, 2.05) is 36.4 Å². The summed E-state index contributed by atoms with van der Waals surface area (Å²) in [6.07, 6.45) is 10.8. The molecule has 1 aromatic heterocycles. The van der Waals surface area contributed by atoms with Crippen LogP contribution in [0.3, 0.4) is 0 Å². The molecule has 0 bridgehead atoms. The summed E-state index contributed by atoms with van der Waals surface area (Å²) in [7, 11) is 6.14. The summed E-state index contributed by atoms with van der Waals surface area (Å²) in [6, 6.07) is 5.64. The molecule has 0 saturated heterocycles. The molecule has 0 aromatic carbocycles. The zero-order valence-electron chi connectivity index (χ0n) is 9.75. The fourth-order valence-corrected chi connectivity index (χ4v) is 1.77. The Kier molecular flexibility index (Phi) is 3.29. The number of pyridine rings is 1. The maximum Gasteiger partial charge on any atom is 0.0989 e. The molecule has 2 rings (SSSR count). The van der Waals surface area contributed by atoms with Gasteiger partial charge in [0.15, 0.2) is 0 Å². The molecule has 1 heterocycles. The highest BCUT2D eigenvalue weighted by Crippen LogP contribution is 2.25. The summed E-state index contributed by atoms with van der Waals surface area (Å²) in [6.45, 7) is 1.72. The van der Waals surface area contributed by atoms with Crippen LogP contribution in [0, 0.1) is 0 Å². The lowest BCUT2D eigenvalue weighted by Gasteiger charge is -2.18. The predicted molar refractivity (Wildman–Crippen MR) is 69.7 cm³/mol. The Morgan fingerprint density at radius 2 is 2.18 bits per heavy atom. The molecule has 0 amide bonds. The average molecular weight is 223 g/mol. The van der Waals surface area contributed by atoms with Crippen molar-refractivity contribution in [2.45, 2.75) is 18.3 Å². The summed E-state index contributed by atoms with van der Waals surface area (Å²) in [5.41, 5.74) is 0.686. The Bertz CT molecular complexity index is 474. The summed E-state index contributed by atoms with van der Waals surface area (Å²) in [5.74, 6) is -0.321. The van der Waals surface area contributed by atoms with Crippen molar-refractivity contribution < 1.29 is 5.11 Å². The van der Waals surface area contributed by atoms with Gasteiger partial charge in [0.1, 0.15) is 0 Å². The van der Waals surface area contributed by atoms with Crippen LogP contribution in [0.4, 0.5) is 0 Å². The van der Waals surface area contributed by atoms with Crippen molar-refractivity contribution in [3.8, 4) is 0 Å². The molecule has 2 radical (unpaired) electrons. The first kappa shape index (κ1) is 11.9. The normalized spacial score (nSPS) is 25.2. The largest absolute Gasteiger partial charge is 0.382 e. The number of hydrogen-bond donors (Lipinski definition) is 1. The van der Waals surface area contributed by atoms with Gasteiger partial charge in [0.2, 0.25) is 0 Å². The van der Waals surface area contributed by atoms with Gasteiger partial charge in [0.05, 0.1) is 13.4 Å². The second kappa shape index (κ2) is 4.72. The van der Waals surface area contributed by atoms with Crippen LogP contribution in [-0.4, -0.2) is 23.5 Å². The van der Waals surface area contributed by atoms with Gasteiger partial charge in [0, 0.05) is 11.9 Å². The van der Waals surface area contributed by atoms with Gasteiger partial charge in [-0.1, -0.05) is 24.3 Å². The molecule has 0 aliphatic heterocycles. The van der Waals surface area contributed by atoms with Crippen molar-refractivity contribution >= 4 is 7.85 Å². The van der Waals surface area contributed by atoms with Gasteiger partial charge in [-0.2, -0.15) is 0 Å². The molecule has 0 saturated carbocycles. The van der Waals surface area contributed by atoms with Crippen molar-refractivity contribution in [3.63, 3.8) is 0 Å². The molecule has 1 N–H and O–H groups in total. The zero-order chi connectivity index (χ0) is 12.3. The van der Waals surface area contributed by atoms with Gasteiger partial charge < -0.3 is 5.11 Å². The Morgan fingerprint density at radius 3 is 2.88 bits per heavy atom. The standard InChI is InChI=1S/C14H14BNO/c1-14(17)8-4-2-6-11(10-14)13(15)12-7-3-5-9-16-12/h2-10,13,17H,1H3. The molecular weight excluding hydrogens is 209 g/mol. The minimum absolute atomic E-state index is 0.321. The van der Waals surface area contributed by atoms with E-state index in [-0.39, 0.29) is 5.82 Å². The molecule has 84 valence electrons. The molecule has 2 nitrogen and oxygen atoms in total. The number of allylic oxidation sites excluding steroid dienone is 4. The highest BCUT2D eigenvalue weighted by Gasteiger charge is 2.18. The summed E-state index contributed by atoms with van der Waals surface area (Å²) < 4.78 is 0. The quantitative estimate of drug-likeness (QED) is 0.778. The molecule has 0 fully saturated rings. The predicted octanol–water partition coefficient (Wildman–Crippen LogP) is 2.09. The third-order valence-electron chi connectivity index (χ3n) is 2.66. The number of aliphatic hydroxyl groups is 1. The lowest BCUT2D eigenvalue weighted by Crippen LogP contribution is -2.18. The second-order valence-electron chi connectivity index (χ2n) is 4.32. The van der Waals surface area contributed by atoms with E-state index in [1.54, 1.807) is 25.3 Å². The first-order valence-corrected chi connectivity index (χ1v) is 5.56. The van der Waals surface area contributed by atoms with E-state index < -0.39 is 5.60 Å². The van der Waals surface area contributed by atoms with E-state index in [9.17, 15) is 5.11 Å². The number of nitrogens with zero attached hydrogens (tertiary/aromatic N) is 1. The molecule has 1 aromatic rings.